The summed E-state index contributed by atoms with van der Waals surface area (Å²) in [7, 11) is 0. The topological polar surface area (TPSA) is 54.5 Å². The summed E-state index contributed by atoms with van der Waals surface area (Å²) in [5.74, 6) is 0.809. The van der Waals surface area contributed by atoms with E-state index in [1.807, 2.05) is 43.9 Å². The number of carbonyl (C=O) groups is 1. The van der Waals surface area contributed by atoms with E-state index in [1.165, 1.54) is 0 Å². The molecule has 22 heavy (non-hydrogen) atoms. The van der Waals surface area contributed by atoms with Gasteiger partial charge in [-0.25, -0.2) is 9.78 Å². The molecule has 1 saturated heterocycles. The first kappa shape index (κ1) is 17.1. The number of hydrogen-bond donors (Lipinski definition) is 1. The second kappa shape index (κ2) is 7.31. The highest BCUT2D eigenvalue weighted by Crippen LogP contribution is 2.21. The van der Waals surface area contributed by atoms with Crippen LogP contribution in [0.15, 0.2) is 22.8 Å². The normalized spacial score (nSPS) is 18.9. The average molecular weight is 370 g/mol. The number of amides is 1. The van der Waals surface area contributed by atoms with Crippen LogP contribution in [0.3, 0.4) is 0 Å². The summed E-state index contributed by atoms with van der Waals surface area (Å²) < 4.78 is 6.31. The van der Waals surface area contributed by atoms with Crippen molar-refractivity contribution in [3.05, 3.63) is 22.8 Å². The summed E-state index contributed by atoms with van der Waals surface area (Å²) >= 11 is 3.36. The van der Waals surface area contributed by atoms with Gasteiger partial charge in [-0.15, -0.1) is 0 Å². The number of nitrogens with one attached hydrogen (secondary N) is 1. The summed E-state index contributed by atoms with van der Waals surface area (Å²) in [6, 6.07) is 5.89. The highest BCUT2D eigenvalue weighted by Gasteiger charge is 2.30. The van der Waals surface area contributed by atoms with Gasteiger partial charge in [0.25, 0.3) is 0 Å². The molecule has 5 nitrogen and oxygen atoms in total. The first-order valence-electron chi connectivity index (χ1n) is 7.71. The van der Waals surface area contributed by atoms with Gasteiger partial charge in [0.15, 0.2) is 0 Å². The van der Waals surface area contributed by atoms with Crippen molar-refractivity contribution in [3.8, 4) is 0 Å². The zero-order valence-electron chi connectivity index (χ0n) is 13.4. The van der Waals surface area contributed by atoms with E-state index in [0.717, 1.165) is 36.2 Å². The van der Waals surface area contributed by atoms with Crippen LogP contribution in [0.4, 0.5) is 10.6 Å². The molecular formula is C16H24BrN3O2. The third-order valence-corrected chi connectivity index (χ3v) is 3.93. The predicted octanol–water partition coefficient (Wildman–Crippen LogP) is 4.05. The van der Waals surface area contributed by atoms with Crippen LogP contribution in [0.1, 0.15) is 40.0 Å². The number of rotatable bonds is 3. The largest absolute Gasteiger partial charge is 0.444 e. The van der Waals surface area contributed by atoms with Crippen LogP contribution in [0.25, 0.3) is 0 Å². The SMILES string of the molecule is CC(C)(C)OC(=O)N1CCCCC1CNc1cccc(Br)n1. The molecule has 2 rings (SSSR count). The van der Waals surface area contributed by atoms with Crippen LogP contribution in [-0.4, -0.2) is 40.7 Å². The second-order valence-corrected chi connectivity index (χ2v) is 7.36. The zero-order chi connectivity index (χ0) is 16.2. The van der Waals surface area contributed by atoms with E-state index in [4.69, 9.17) is 4.74 Å². The first-order chi connectivity index (χ1) is 10.3. The molecule has 1 amide bonds. The molecule has 1 aliphatic rings. The molecule has 1 aliphatic heterocycles. The predicted molar refractivity (Wildman–Crippen MR) is 91.0 cm³/mol. The smallest absolute Gasteiger partial charge is 0.410 e. The van der Waals surface area contributed by atoms with Gasteiger partial charge in [-0.2, -0.15) is 0 Å². The molecule has 1 atom stereocenters. The minimum absolute atomic E-state index is 0.143. The maximum Gasteiger partial charge on any atom is 0.410 e. The van der Waals surface area contributed by atoms with Gasteiger partial charge in [0.2, 0.25) is 0 Å². The standard InChI is InChI=1S/C16H24BrN3O2/c1-16(2,3)22-15(21)20-10-5-4-7-12(20)11-18-14-9-6-8-13(17)19-14/h6,8-9,12H,4-5,7,10-11H2,1-3H3,(H,18,19). The van der Waals surface area contributed by atoms with Crippen LogP contribution < -0.4 is 5.32 Å². The number of piperidine rings is 1. The lowest BCUT2D eigenvalue weighted by molar-refractivity contribution is 0.0114. The lowest BCUT2D eigenvalue weighted by Crippen LogP contribution is -2.48. The molecule has 0 saturated carbocycles. The van der Waals surface area contributed by atoms with Gasteiger partial charge in [-0.05, 0) is 68.1 Å². The fraction of sp³-hybridized carbons (Fsp3) is 0.625. The minimum atomic E-state index is -0.460. The maximum atomic E-state index is 12.3. The van der Waals surface area contributed by atoms with E-state index in [2.05, 4.69) is 26.2 Å². The molecule has 0 bridgehead atoms. The van der Waals surface area contributed by atoms with Crippen molar-refractivity contribution in [2.24, 2.45) is 0 Å². The Morgan fingerprint density at radius 2 is 2.23 bits per heavy atom. The molecule has 0 radical (unpaired) electrons. The number of nitrogens with zero attached hydrogens (tertiary/aromatic N) is 2. The minimum Gasteiger partial charge on any atom is -0.444 e. The molecule has 0 aromatic carbocycles. The second-order valence-electron chi connectivity index (χ2n) is 6.55. The van der Waals surface area contributed by atoms with E-state index < -0.39 is 5.60 Å². The van der Waals surface area contributed by atoms with Gasteiger partial charge in [-0.1, -0.05) is 6.07 Å². The van der Waals surface area contributed by atoms with Gasteiger partial charge in [0.05, 0.1) is 6.04 Å². The number of halogens is 1. The van der Waals surface area contributed by atoms with Gasteiger partial charge in [0.1, 0.15) is 16.0 Å². The van der Waals surface area contributed by atoms with Crippen LogP contribution in [-0.2, 0) is 4.74 Å². The van der Waals surface area contributed by atoms with E-state index in [1.54, 1.807) is 0 Å². The van der Waals surface area contributed by atoms with Crippen molar-refractivity contribution in [2.45, 2.75) is 51.7 Å². The van der Waals surface area contributed by atoms with Crippen LogP contribution in [0.5, 0.6) is 0 Å². The third-order valence-electron chi connectivity index (χ3n) is 3.49. The Bertz CT molecular complexity index is 516. The fourth-order valence-corrected chi connectivity index (χ4v) is 2.85. The fourth-order valence-electron chi connectivity index (χ4n) is 2.50. The molecule has 0 aliphatic carbocycles. The monoisotopic (exact) mass is 369 g/mol. The van der Waals surface area contributed by atoms with E-state index in [9.17, 15) is 4.79 Å². The lowest BCUT2D eigenvalue weighted by Gasteiger charge is -2.36. The number of pyridine rings is 1. The quantitative estimate of drug-likeness (QED) is 0.816. The summed E-state index contributed by atoms with van der Waals surface area (Å²) in [4.78, 5) is 18.5. The highest BCUT2D eigenvalue weighted by atomic mass is 79.9. The summed E-state index contributed by atoms with van der Waals surface area (Å²) in [5, 5.41) is 3.31. The number of likely N-dealkylation sites (tertiary alicyclic amines) is 1. The Labute approximate surface area is 140 Å². The molecule has 1 aromatic rings. The number of hydrogen-bond acceptors (Lipinski definition) is 4. The molecular weight excluding hydrogens is 346 g/mol. The average Bonchev–Trinajstić information content (AvgIpc) is 2.44. The molecule has 1 aromatic heterocycles. The number of aromatic nitrogens is 1. The summed E-state index contributed by atoms with van der Waals surface area (Å²) in [6.45, 7) is 7.13. The van der Waals surface area contributed by atoms with Gasteiger partial charge < -0.3 is 15.0 Å². The Balaban J connectivity index is 1.96. The third kappa shape index (κ3) is 5.16. The van der Waals surface area contributed by atoms with Gasteiger partial charge in [0, 0.05) is 13.1 Å². The van der Waals surface area contributed by atoms with Crippen molar-refractivity contribution in [1.82, 2.24) is 9.88 Å². The molecule has 2 heterocycles. The number of carbonyl (C=O) groups excluding carboxylic acids is 1. The summed E-state index contributed by atoms with van der Waals surface area (Å²) in [5.41, 5.74) is -0.460. The van der Waals surface area contributed by atoms with Crippen LogP contribution in [0, 0.1) is 0 Å². The van der Waals surface area contributed by atoms with Crippen molar-refractivity contribution in [2.75, 3.05) is 18.4 Å². The maximum absolute atomic E-state index is 12.3. The first-order valence-corrected chi connectivity index (χ1v) is 8.50. The van der Waals surface area contributed by atoms with Crippen molar-refractivity contribution >= 4 is 27.8 Å². The molecule has 1 N–H and O–H groups in total. The lowest BCUT2D eigenvalue weighted by atomic mass is 10.0. The Morgan fingerprint density at radius 1 is 1.45 bits per heavy atom. The molecule has 6 heteroatoms. The van der Waals surface area contributed by atoms with Gasteiger partial charge in [-0.3, -0.25) is 0 Å². The number of ether oxygens (including phenoxy) is 1. The Kier molecular flexibility index (Phi) is 5.67. The molecule has 1 unspecified atom stereocenters. The van der Waals surface area contributed by atoms with Crippen LogP contribution >= 0.6 is 15.9 Å². The van der Waals surface area contributed by atoms with E-state index in [-0.39, 0.29) is 12.1 Å². The number of anilines is 1. The van der Waals surface area contributed by atoms with Crippen LogP contribution in [0.2, 0.25) is 0 Å². The van der Waals surface area contributed by atoms with Crippen molar-refractivity contribution in [3.63, 3.8) is 0 Å². The van der Waals surface area contributed by atoms with E-state index in [0.29, 0.717) is 6.54 Å². The Morgan fingerprint density at radius 3 is 2.91 bits per heavy atom. The van der Waals surface area contributed by atoms with Crippen molar-refractivity contribution in [1.29, 1.82) is 0 Å². The zero-order valence-corrected chi connectivity index (χ0v) is 15.0. The molecule has 1 fully saturated rings. The van der Waals surface area contributed by atoms with Crippen molar-refractivity contribution < 1.29 is 9.53 Å². The highest BCUT2D eigenvalue weighted by molar-refractivity contribution is 9.10. The van der Waals surface area contributed by atoms with E-state index >= 15 is 0 Å². The molecule has 0 spiro atoms. The van der Waals surface area contributed by atoms with Gasteiger partial charge >= 0.3 is 6.09 Å². The molecule has 122 valence electrons. The Hall–Kier alpha value is -1.30. The summed E-state index contributed by atoms with van der Waals surface area (Å²) in [6.07, 6.45) is 2.93.